The first-order valence-corrected chi connectivity index (χ1v) is 8.47. The Morgan fingerprint density at radius 3 is 2.48 bits per heavy atom. The summed E-state index contributed by atoms with van der Waals surface area (Å²) in [5.74, 6) is -0.563. The van der Waals surface area contributed by atoms with Crippen molar-refractivity contribution in [2.75, 3.05) is 0 Å². The molecule has 4 rings (SSSR count). The van der Waals surface area contributed by atoms with Gasteiger partial charge in [0.05, 0.1) is 16.6 Å². The number of aromatic nitrogens is 3. The molecule has 0 saturated carbocycles. The number of para-hydroxylation sites is 3. The second-order valence-electron chi connectivity index (χ2n) is 6.32. The highest BCUT2D eigenvalue weighted by Gasteiger charge is 2.25. The monoisotopic (exact) mass is 369 g/mol. The molecular formula is C20H17F2N3O2. The van der Waals surface area contributed by atoms with Gasteiger partial charge in [0, 0.05) is 24.1 Å². The fraction of sp³-hybridized carbons (Fsp3) is 0.200. The fourth-order valence-electron chi connectivity index (χ4n) is 3.34. The van der Waals surface area contributed by atoms with Crippen LogP contribution < -0.4 is 0 Å². The number of esters is 1. The van der Waals surface area contributed by atoms with Crippen molar-refractivity contribution in [1.29, 1.82) is 0 Å². The predicted octanol–water partition coefficient (Wildman–Crippen LogP) is 4.84. The maximum Gasteiger partial charge on any atom is 0.341 e. The SMILES string of the molecule is CC(OC(=O)c1cn(C)c2ccccc12)c1nc2ccccc2n1C(F)F. The first-order valence-electron chi connectivity index (χ1n) is 8.47. The number of imidazole rings is 1. The van der Waals surface area contributed by atoms with Gasteiger partial charge in [-0.25, -0.2) is 9.78 Å². The number of carbonyl (C=O) groups excluding carboxylic acids is 1. The van der Waals surface area contributed by atoms with Crippen LogP contribution in [0.15, 0.2) is 54.7 Å². The molecule has 0 spiro atoms. The summed E-state index contributed by atoms with van der Waals surface area (Å²) in [5.41, 5.74) is 2.01. The van der Waals surface area contributed by atoms with Gasteiger partial charge in [-0.3, -0.25) is 4.57 Å². The van der Waals surface area contributed by atoms with E-state index >= 15 is 0 Å². The molecule has 1 atom stereocenters. The minimum absolute atomic E-state index is 0.0137. The third kappa shape index (κ3) is 2.85. The Labute approximate surface area is 153 Å². The Kier molecular flexibility index (Phi) is 4.14. The minimum atomic E-state index is -2.79. The quantitative estimate of drug-likeness (QED) is 0.484. The Morgan fingerprint density at radius 1 is 1.07 bits per heavy atom. The van der Waals surface area contributed by atoms with E-state index in [0.29, 0.717) is 16.6 Å². The summed E-state index contributed by atoms with van der Waals surface area (Å²) in [6.45, 7) is -1.24. The van der Waals surface area contributed by atoms with E-state index in [9.17, 15) is 13.6 Å². The number of benzene rings is 2. The second-order valence-corrected chi connectivity index (χ2v) is 6.32. The molecule has 0 saturated heterocycles. The Morgan fingerprint density at radius 2 is 1.74 bits per heavy atom. The van der Waals surface area contributed by atoms with Gasteiger partial charge in [-0.2, -0.15) is 8.78 Å². The third-order valence-electron chi connectivity index (χ3n) is 4.58. The zero-order chi connectivity index (χ0) is 19.1. The molecule has 0 fully saturated rings. The molecule has 7 heteroatoms. The van der Waals surface area contributed by atoms with Gasteiger partial charge in [-0.05, 0) is 25.1 Å². The van der Waals surface area contributed by atoms with Crippen LogP contribution in [0.4, 0.5) is 8.78 Å². The van der Waals surface area contributed by atoms with Crippen molar-refractivity contribution < 1.29 is 18.3 Å². The molecule has 0 bridgehead atoms. The van der Waals surface area contributed by atoms with Gasteiger partial charge in [0.25, 0.3) is 0 Å². The molecule has 2 aromatic heterocycles. The van der Waals surface area contributed by atoms with Gasteiger partial charge in [0.1, 0.15) is 0 Å². The number of fused-ring (bicyclic) bond motifs is 2. The molecule has 27 heavy (non-hydrogen) atoms. The molecule has 0 radical (unpaired) electrons. The van der Waals surface area contributed by atoms with Crippen molar-refractivity contribution in [3.8, 4) is 0 Å². The maximum absolute atomic E-state index is 13.6. The van der Waals surface area contributed by atoms with E-state index in [1.807, 2.05) is 35.9 Å². The lowest BCUT2D eigenvalue weighted by Gasteiger charge is -2.15. The van der Waals surface area contributed by atoms with Crippen LogP contribution in [-0.2, 0) is 11.8 Å². The average molecular weight is 369 g/mol. The molecule has 0 aliphatic carbocycles. The topological polar surface area (TPSA) is 49.1 Å². The van der Waals surface area contributed by atoms with Crippen LogP contribution in [-0.4, -0.2) is 20.1 Å². The average Bonchev–Trinajstić information content (AvgIpc) is 3.20. The molecule has 4 aromatic rings. The van der Waals surface area contributed by atoms with E-state index in [1.165, 1.54) is 0 Å². The summed E-state index contributed by atoms with van der Waals surface area (Å²) in [6, 6.07) is 14.0. The van der Waals surface area contributed by atoms with E-state index in [4.69, 9.17) is 4.74 Å². The van der Waals surface area contributed by atoms with Crippen molar-refractivity contribution in [1.82, 2.24) is 14.1 Å². The lowest BCUT2D eigenvalue weighted by atomic mass is 10.2. The largest absolute Gasteiger partial charge is 0.451 e. The first kappa shape index (κ1) is 17.2. The van der Waals surface area contributed by atoms with Gasteiger partial charge in [-0.1, -0.05) is 30.3 Å². The number of aryl methyl sites for hydroxylation is 1. The Balaban J connectivity index is 1.70. The third-order valence-corrected chi connectivity index (χ3v) is 4.58. The number of hydrogen-bond acceptors (Lipinski definition) is 3. The number of ether oxygens (including phenoxy) is 1. The van der Waals surface area contributed by atoms with Crippen molar-refractivity contribution in [3.05, 3.63) is 66.1 Å². The number of halogens is 2. The van der Waals surface area contributed by atoms with E-state index in [2.05, 4.69) is 4.98 Å². The molecule has 1 unspecified atom stereocenters. The van der Waals surface area contributed by atoms with Crippen molar-refractivity contribution in [3.63, 3.8) is 0 Å². The summed E-state index contributed by atoms with van der Waals surface area (Å²) in [6.07, 6.45) is 0.744. The molecule has 0 amide bonds. The highest BCUT2D eigenvalue weighted by Crippen LogP contribution is 2.29. The van der Waals surface area contributed by atoms with E-state index < -0.39 is 18.6 Å². The van der Waals surface area contributed by atoms with Crippen molar-refractivity contribution in [2.45, 2.75) is 19.6 Å². The number of hydrogen-bond donors (Lipinski definition) is 0. The molecule has 5 nitrogen and oxygen atoms in total. The first-order chi connectivity index (χ1) is 13.0. The molecule has 2 heterocycles. The standard InChI is InChI=1S/C20H17F2N3O2/c1-12(18-23-15-8-4-6-10-17(15)25(18)20(21)22)27-19(26)14-11-24(2)16-9-5-3-7-13(14)16/h3-12,20H,1-2H3. The summed E-state index contributed by atoms with van der Waals surface area (Å²) in [7, 11) is 1.83. The van der Waals surface area contributed by atoms with Crippen LogP contribution in [0.2, 0.25) is 0 Å². The molecule has 138 valence electrons. The summed E-state index contributed by atoms with van der Waals surface area (Å²) in [4.78, 5) is 16.9. The maximum atomic E-state index is 13.6. The van der Waals surface area contributed by atoms with Crippen molar-refractivity contribution >= 4 is 27.9 Å². The van der Waals surface area contributed by atoms with Crippen LogP contribution in [0, 0.1) is 0 Å². The summed E-state index contributed by atoms with van der Waals surface area (Å²) >= 11 is 0. The lowest BCUT2D eigenvalue weighted by Crippen LogP contribution is -2.14. The van der Waals surface area contributed by atoms with Crippen LogP contribution in [0.25, 0.3) is 21.9 Å². The van der Waals surface area contributed by atoms with E-state index in [-0.39, 0.29) is 5.82 Å². The molecule has 0 N–H and O–H groups in total. The number of rotatable bonds is 4. The number of nitrogens with zero attached hydrogens (tertiary/aromatic N) is 3. The van der Waals surface area contributed by atoms with Crippen LogP contribution >= 0.6 is 0 Å². The van der Waals surface area contributed by atoms with Gasteiger partial charge >= 0.3 is 12.5 Å². The fourth-order valence-corrected chi connectivity index (χ4v) is 3.34. The van der Waals surface area contributed by atoms with Gasteiger partial charge in [0.15, 0.2) is 11.9 Å². The molecule has 0 aliphatic rings. The van der Waals surface area contributed by atoms with E-state index in [0.717, 1.165) is 15.5 Å². The van der Waals surface area contributed by atoms with Gasteiger partial charge < -0.3 is 9.30 Å². The predicted molar refractivity (Wildman–Crippen MR) is 97.7 cm³/mol. The summed E-state index contributed by atoms with van der Waals surface area (Å²) < 4.78 is 35.3. The smallest absolute Gasteiger partial charge is 0.341 e. The summed E-state index contributed by atoms with van der Waals surface area (Å²) in [5, 5.41) is 0.750. The highest BCUT2D eigenvalue weighted by molar-refractivity contribution is 6.04. The zero-order valence-electron chi connectivity index (χ0n) is 14.8. The number of alkyl halides is 2. The minimum Gasteiger partial charge on any atom is -0.451 e. The molecule has 2 aromatic carbocycles. The Hall–Kier alpha value is -3.22. The highest BCUT2D eigenvalue weighted by atomic mass is 19.3. The lowest BCUT2D eigenvalue weighted by molar-refractivity contribution is 0.0235. The number of carbonyl (C=O) groups is 1. The van der Waals surface area contributed by atoms with Crippen molar-refractivity contribution in [2.24, 2.45) is 7.05 Å². The molecule has 0 aliphatic heterocycles. The zero-order valence-corrected chi connectivity index (χ0v) is 14.8. The van der Waals surface area contributed by atoms with Gasteiger partial charge in [0.2, 0.25) is 0 Å². The van der Waals surface area contributed by atoms with Crippen LogP contribution in [0.5, 0.6) is 0 Å². The van der Waals surface area contributed by atoms with Crippen LogP contribution in [0.3, 0.4) is 0 Å². The van der Waals surface area contributed by atoms with Crippen LogP contribution in [0.1, 0.15) is 35.8 Å². The Bertz CT molecular complexity index is 1150. The van der Waals surface area contributed by atoms with Gasteiger partial charge in [-0.15, -0.1) is 0 Å². The normalized spacial score (nSPS) is 12.8. The molecular weight excluding hydrogens is 352 g/mol. The second kappa shape index (κ2) is 6.50. The van der Waals surface area contributed by atoms with E-state index in [1.54, 1.807) is 37.4 Å².